The van der Waals surface area contributed by atoms with E-state index in [1.54, 1.807) is 0 Å². The molecule has 0 unspecified atom stereocenters. The van der Waals surface area contributed by atoms with Gasteiger partial charge < -0.3 is 18.9 Å². The second-order valence-electron chi connectivity index (χ2n) is 3.55. The minimum atomic E-state index is -1.05. The molecule has 8 heteroatoms. The van der Waals surface area contributed by atoms with Crippen molar-refractivity contribution in [2.45, 2.75) is 0 Å². The Hall–Kier alpha value is -2.90. The highest BCUT2D eigenvalue weighted by atomic mass is 16.5. The van der Waals surface area contributed by atoms with Crippen LogP contribution in [0.1, 0.15) is 0 Å². The van der Waals surface area contributed by atoms with E-state index in [9.17, 15) is 19.2 Å². The molecule has 0 bridgehead atoms. The number of carbonyl (C=O) groups excluding carboxylic acids is 4. The zero-order chi connectivity index (χ0) is 17.3. The largest absolute Gasteiger partial charge is 0.466 e. The Morgan fingerprint density at radius 3 is 1.64 bits per heavy atom. The maximum Gasteiger partial charge on any atom is 0.339 e. The van der Waals surface area contributed by atoms with Crippen molar-refractivity contribution in [2.24, 2.45) is 0 Å². The molecular formula is C14H16O8. The van der Waals surface area contributed by atoms with E-state index in [1.807, 2.05) is 0 Å². The molecule has 8 nitrogen and oxygen atoms in total. The first-order valence-corrected chi connectivity index (χ1v) is 5.79. The van der Waals surface area contributed by atoms with E-state index in [0.717, 1.165) is 34.5 Å². The highest BCUT2D eigenvalue weighted by molar-refractivity contribution is 6.14. The van der Waals surface area contributed by atoms with Gasteiger partial charge >= 0.3 is 23.9 Å². The van der Waals surface area contributed by atoms with Crippen LogP contribution in [0.5, 0.6) is 0 Å². The van der Waals surface area contributed by atoms with Crippen LogP contribution in [0.15, 0.2) is 35.5 Å². The molecule has 0 amide bonds. The molecule has 0 fully saturated rings. The van der Waals surface area contributed by atoms with E-state index in [4.69, 9.17) is 0 Å². The normalized spacial score (nSPS) is 11.7. The third kappa shape index (κ3) is 4.58. The monoisotopic (exact) mass is 312 g/mol. The molecule has 0 N–H and O–H groups in total. The van der Waals surface area contributed by atoms with Gasteiger partial charge in [0.25, 0.3) is 0 Å². The quantitative estimate of drug-likeness (QED) is 0.294. The Bertz CT molecular complexity index is 553. The summed E-state index contributed by atoms with van der Waals surface area (Å²) >= 11 is 0. The number of hydrogen-bond donors (Lipinski definition) is 0. The summed E-state index contributed by atoms with van der Waals surface area (Å²) in [4.78, 5) is 46.9. The summed E-state index contributed by atoms with van der Waals surface area (Å²) in [6.45, 7) is 3.37. The van der Waals surface area contributed by atoms with Crippen molar-refractivity contribution < 1.29 is 38.1 Å². The second-order valence-corrected chi connectivity index (χ2v) is 3.55. The van der Waals surface area contributed by atoms with E-state index >= 15 is 0 Å². The number of ether oxygens (including phenoxy) is 4. The summed E-state index contributed by atoms with van der Waals surface area (Å²) < 4.78 is 17.9. The summed E-state index contributed by atoms with van der Waals surface area (Å²) in [5.41, 5.74) is -1.42. The van der Waals surface area contributed by atoms with Gasteiger partial charge in [0.2, 0.25) is 0 Å². The first kappa shape index (κ1) is 19.1. The van der Waals surface area contributed by atoms with Crippen LogP contribution in [0.25, 0.3) is 0 Å². The molecule has 0 aliphatic rings. The van der Waals surface area contributed by atoms with Gasteiger partial charge in [-0.05, 0) is 0 Å². The minimum Gasteiger partial charge on any atom is -0.466 e. The minimum absolute atomic E-state index is 0.366. The molecule has 0 rings (SSSR count). The van der Waals surface area contributed by atoms with E-state index in [0.29, 0.717) is 6.08 Å². The Balaban J connectivity index is 6.51. The third-order valence-corrected chi connectivity index (χ3v) is 2.41. The van der Waals surface area contributed by atoms with E-state index in [1.165, 1.54) is 0 Å². The van der Waals surface area contributed by atoms with E-state index in [2.05, 4.69) is 25.5 Å². The molecule has 0 radical (unpaired) electrons. The average molecular weight is 312 g/mol. The van der Waals surface area contributed by atoms with Crippen LogP contribution in [0.2, 0.25) is 0 Å². The van der Waals surface area contributed by atoms with Gasteiger partial charge in [-0.25, -0.2) is 19.2 Å². The van der Waals surface area contributed by atoms with Crippen molar-refractivity contribution in [3.63, 3.8) is 0 Å². The van der Waals surface area contributed by atoms with Gasteiger partial charge in [-0.2, -0.15) is 0 Å². The molecule has 0 aromatic rings. The van der Waals surface area contributed by atoms with Gasteiger partial charge in [0.1, 0.15) is 0 Å². The first-order valence-electron chi connectivity index (χ1n) is 5.79. The molecule has 0 saturated carbocycles. The average Bonchev–Trinajstić information content (AvgIpc) is 2.55. The summed E-state index contributed by atoms with van der Waals surface area (Å²) in [5, 5.41) is 0. The first-order chi connectivity index (χ1) is 10.4. The fraction of sp³-hybridized carbons (Fsp3) is 0.286. The zero-order valence-electron chi connectivity index (χ0n) is 12.6. The highest BCUT2D eigenvalue weighted by Gasteiger charge is 2.29. The van der Waals surface area contributed by atoms with Gasteiger partial charge in [-0.15, -0.1) is 0 Å². The molecular weight excluding hydrogens is 296 g/mol. The predicted molar refractivity (Wildman–Crippen MR) is 73.4 cm³/mol. The lowest BCUT2D eigenvalue weighted by Gasteiger charge is -2.11. The van der Waals surface area contributed by atoms with Crippen molar-refractivity contribution in [1.29, 1.82) is 0 Å². The molecule has 0 aliphatic carbocycles. The standard InChI is InChI=1S/C14H16O8/c1-6-8(12(16)20-3)11(14(18)22-5)9(13(17)21-4)7-10(15)19-2/h6-7H,1H2,2-5H3/b9-7?,11-8-. The summed E-state index contributed by atoms with van der Waals surface area (Å²) in [6.07, 6.45) is 1.69. The van der Waals surface area contributed by atoms with Crippen molar-refractivity contribution in [3.05, 3.63) is 35.5 Å². The molecule has 0 aromatic carbocycles. The summed E-state index contributed by atoms with van der Waals surface area (Å²) in [7, 11) is 4.22. The fourth-order valence-corrected chi connectivity index (χ4v) is 1.38. The van der Waals surface area contributed by atoms with Crippen LogP contribution in [-0.2, 0) is 38.1 Å². The third-order valence-electron chi connectivity index (χ3n) is 2.41. The fourth-order valence-electron chi connectivity index (χ4n) is 1.38. The molecule has 0 aromatic heterocycles. The Morgan fingerprint density at radius 1 is 0.773 bits per heavy atom. The Labute approximate surface area is 127 Å². The molecule has 0 spiro atoms. The van der Waals surface area contributed by atoms with Crippen molar-refractivity contribution in [2.75, 3.05) is 28.4 Å². The predicted octanol–water partition coefficient (Wildman–Crippen LogP) is 0.0874. The number of methoxy groups -OCH3 is 4. The SMILES string of the molecule is C=C/C(C(=O)OC)=C(/C(=O)OC)C(=CC(=O)OC)C(=O)OC. The number of carbonyl (C=O) groups is 4. The van der Waals surface area contributed by atoms with Gasteiger partial charge in [0.15, 0.2) is 0 Å². The van der Waals surface area contributed by atoms with Crippen LogP contribution in [-0.4, -0.2) is 52.3 Å². The van der Waals surface area contributed by atoms with Crippen molar-refractivity contribution in [3.8, 4) is 0 Å². The van der Waals surface area contributed by atoms with Gasteiger partial charge in [-0.3, -0.25) is 0 Å². The van der Waals surface area contributed by atoms with Gasteiger partial charge in [0, 0.05) is 6.08 Å². The van der Waals surface area contributed by atoms with Crippen LogP contribution < -0.4 is 0 Å². The Morgan fingerprint density at radius 2 is 1.27 bits per heavy atom. The molecule has 120 valence electrons. The number of hydrogen-bond acceptors (Lipinski definition) is 8. The van der Waals surface area contributed by atoms with E-state index in [-0.39, 0.29) is 5.57 Å². The van der Waals surface area contributed by atoms with Gasteiger partial charge in [0.05, 0.1) is 45.2 Å². The van der Waals surface area contributed by atoms with Crippen LogP contribution in [0.4, 0.5) is 0 Å². The van der Waals surface area contributed by atoms with Crippen molar-refractivity contribution in [1.82, 2.24) is 0 Å². The zero-order valence-corrected chi connectivity index (χ0v) is 12.6. The lowest BCUT2D eigenvalue weighted by molar-refractivity contribution is -0.141. The molecule has 0 aliphatic heterocycles. The number of esters is 4. The van der Waals surface area contributed by atoms with Crippen LogP contribution in [0, 0.1) is 0 Å². The summed E-state index contributed by atoms with van der Waals surface area (Å²) in [5.74, 6) is -3.99. The van der Waals surface area contributed by atoms with Crippen molar-refractivity contribution >= 4 is 23.9 Å². The lowest BCUT2D eigenvalue weighted by atomic mass is 9.99. The summed E-state index contributed by atoms with van der Waals surface area (Å²) in [6, 6.07) is 0. The maximum absolute atomic E-state index is 11.9. The van der Waals surface area contributed by atoms with Crippen LogP contribution in [0.3, 0.4) is 0 Å². The second kappa shape index (κ2) is 9.11. The molecule has 0 atom stereocenters. The topological polar surface area (TPSA) is 105 Å². The number of rotatable bonds is 6. The lowest BCUT2D eigenvalue weighted by Crippen LogP contribution is -2.21. The molecule has 0 saturated heterocycles. The Kier molecular flexibility index (Phi) is 7.91. The molecule has 0 heterocycles. The molecule has 22 heavy (non-hydrogen) atoms. The highest BCUT2D eigenvalue weighted by Crippen LogP contribution is 2.20. The smallest absolute Gasteiger partial charge is 0.339 e. The van der Waals surface area contributed by atoms with Gasteiger partial charge in [-0.1, -0.05) is 12.7 Å². The van der Waals surface area contributed by atoms with E-state index < -0.39 is 35.0 Å². The van der Waals surface area contributed by atoms with Crippen LogP contribution >= 0.6 is 0 Å². The maximum atomic E-state index is 11.9.